The van der Waals surface area contributed by atoms with Crippen LogP contribution in [0.5, 0.6) is 11.5 Å². The molecule has 1 aliphatic carbocycles. The molecule has 27 heavy (non-hydrogen) atoms. The van der Waals surface area contributed by atoms with Crippen LogP contribution in [0.25, 0.3) is 10.9 Å². The Kier molecular flexibility index (Phi) is 4.75. The highest BCUT2D eigenvalue weighted by Gasteiger charge is 2.25. The van der Waals surface area contributed by atoms with Crippen molar-refractivity contribution in [3.05, 3.63) is 59.3 Å². The van der Waals surface area contributed by atoms with E-state index >= 15 is 0 Å². The van der Waals surface area contributed by atoms with E-state index in [2.05, 4.69) is 16.4 Å². The Morgan fingerprint density at radius 2 is 1.85 bits per heavy atom. The molecule has 0 saturated carbocycles. The number of aromatic amines is 1. The first kappa shape index (κ1) is 17.5. The SMILES string of the molecule is COc1ccc(CC(=O)NC2CCCc3c2[nH]c2ccc(OC)cc32)cc1. The maximum atomic E-state index is 12.6. The Morgan fingerprint density at radius 3 is 2.59 bits per heavy atom. The van der Waals surface area contributed by atoms with Crippen molar-refractivity contribution in [3.63, 3.8) is 0 Å². The first-order valence-electron chi connectivity index (χ1n) is 9.28. The number of nitrogens with one attached hydrogen (secondary N) is 2. The Balaban J connectivity index is 1.52. The van der Waals surface area contributed by atoms with E-state index in [-0.39, 0.29) is 11.9 Å². The average molecular weight is 364 g/mol. The van der Waals surface area contributed by atoms with Crippen molar-refractivity contribution in [2.75, 3.05) is 14.2 Å². The van der Waals surface area contributed by atoms with Crippen molar-refractivity contribution < 1.29 is 14.3 Å². The molecular weight excluding hydrogens is 340 g/mol. The van der Waals surface area contributed by atoms with Gasteiger partial charge in [0.05, 0.1) is 26.7 Å². The van der Waals surface area contributed by atoms with E-state index in [1.54, 1.807) is 14.2 Å². The molecule has 1 heterocycles. The lowest BCUT2D eigenvalue weighted by atomic mass is 9.91. The number of hydrogen-bond acceptors (Lipinski definition) is 3. The van der Waals surface area contributed by atoms with Crippen LogP contribution in [0.15, 0.2) is 42.5 Å². The molecule has 0 aliphatic heterocycles. The van der Waals surface area contributed by atoms with E-state index in [9.17, 15) is 4.79 Å². The zero-order valence-electron chi connectivity index (χ0n) is 15.7. The summed E-state index contributed by atoms with van der Waals surface area (Å²) in [6, 6.07) is 13.7. The molecule has 0 radical (unpaired) electrons. The van der Waals surface area contributed by atoms with E-state index in [1.807, 2.05) is 36.4 Å². The summed E-state index contributed by atoms with van der Waals surface area (Å²) >= 11 is 0. The number of benzene rings is 2. The molecule has 1 amide bonds. The lowest BCUT2D eigenvalue weighted by Gasteiger charge is -2.24. The highest BCUT2D eigenvalue weighted by Crippen LogP contribution is 2.36. The minimum absolute atomic E-state index is 0.0258. The number of carbonyl (C=O) groups excluding carboxylic acids is 1. The summed E-state index contributed by atoms with van der Waals surface area (Å²) in [6.45, 7) is 0. The third-order valence-corrected chi connectivity index (χ3v) is 5.27. The molecular formula is C22H24N2O3. The number of aromatic nitrogens is 1. The van der Waals surface area contributed by atoms with Crippen LogP contribution in [0.3, 0.4) is 0 Å². The fourth-order valence-electron chi connectivity index (χ4n) is 3.89. The molecule has 2 aromatic carbocycles. The third kappa shape index (κ3) is 3.50. The maximum absolute atomic E-state index is 12.6. The molecule has 0 bridgehead atoms. The predicted octanol–water partition coefficient (Wildman–Crippen LogP) is 3.92. The summed E-state index contributed by atoms with van der Waals surface area (Å²) in [5.41, 5.74) is 4.50. The van der Waals surface area contributed by atoms with E-state index < -0.39 is 0 Å². The van der Waals surface area contributed by atoms with Gasteiger partial charge in [0.2, 0.25) is 5.91 Å². The van der Waals surface area contributed by atoms with Crippen LogP contribution < -0.4 is 14.8 Å². The molecule has 5 heteroatoms. The lowest BCUT2D eigenvalue weighted by Crippen LogP contribution is -2.32. The van der Waals surface area contributed by atoms with Crippen molar-refractivity contribution >= 4 is 16.8 Å². The molecule has 1 atom stereocenters. The van der Waals surface area contributed by atoms with Gasteiger partial charge in [0, 0.05) is 16.6 Å². The van der Waals surface area contributed by atoms with E-state index in [0.717, 1.165) is 47.5 Å². The number of hydrogen-bond donors (Lipinski definition) is 2. The van der Waals surface area contributed by atoms with Crippen LogP contribution in [0.2, 0.25) is 0 Å². The quantitative estimate of drug-likeness (QED) is 0.721. The van der Waals surface area contributed by atoms with Crippen molar-refractivity contribution in [2.45, 2.75) is 31.7 Å². The van der Waals surface area contributed by atoms with E-state index in [0.29, 0.717) is 6.42 Å². The first-order valence-corrected chi connectivity index (χ1v) is 9.28. The fraction of sp³-hybridized carbons (Fsp3) is 0.318. The van der Waals surface area contributed by atoms with Gasteiger partial charge in [-0.2, -0.15) is 0 Å². The molecule has 0 saturated heterocycles. The maximum Gasteiger partial charge on any atom is 0.224 e. The number of rotatable bonds is 5. The molecule has 140 valence electrons. The number of carbonyl (C=O) groups is 1. The van der Waals surface area contributed by atoms with Crippen molar-refractivity contribution in [2.24, 2.45) is 0 Å². The highest BCUT2D eigenvalue weighted by atomic mass is 16.5. The Labute approximate surface area is 158 Å². The zero-order chi connectivity index (χ0) is 18.8. The summed E-state index contributed by atoms with van der Waals surface area (Å²) in [7, 11) is 3.32. The summed E-state index contributed by atoms with van der Waals surface area (Å²) in [5.74, 6) is 1.69. The summed E-state index contributed by atoms with van der Waals surface area (Å²) in [6.07, 6.45) is 3.40. The Bertz CT molecular complexity index is 960. The second kappa shape index (κ2) is 7.35. The summed E-state index contributed by atoms with van der Waals surface area (Å²) < 4.78 is 10.5. The minimum Gasteiger partial charge on any atom is -0.497 e. The first-order chi connectivity index (χ1) is 13.2. The summed E-state index contributed by atoms with van der Waals surface area (Å²) in [5, 5.41) is 4.40. The van der Waals surface area contributed by atoms with Gasteiger partial charge in [-0.05, 0) is 60.7 Å². The Morgan fingerprint density at radius 1 is 1.11 bits per heavy atom. The van der Waals surface area contributed by atoms with Gasteiger partial charge in [0.15, 0.2) is 0 Å². The molecule has 0 spiro atoms. The number of fused-ring (bicyclic) bond motifs is 3. The normalized spacial score (nSPS) is 16.0. The number of H-pyrrole nitrogens is 1. The van der Waals surface area contributed by atoms with Gasteiger partial charge in [0.1, 0.15) is 11.5 Å². The molecule has 0 fully saturated rings. The van der Waals surface area contributed by atoms with Gasteiger partial charge >= 0.3 is 0 Å². The van der Waals surface area contributed by atoms with Crippen LogP contribution in [0.1, 0.15) is 35.7 Å². The third-order valence-electron chi connectivity index (χ3n) is 5.27. The van der Waals surface area contributed by atoms with Crippen LogP contribution in [-0.4, -0.2) is 25.1 Å². The minimum atomic E-state index is 0.0258. The fourth-order valence-corrected chi connectivity index (χ4v) is 3.89. The monoisotopic (exact) mass is 364 g/mol. The highest BCUT2D eigenvalue weighted by molar-refractivity contribution is 5.87. The summed E-state index contributed by atoms with van der Waals surface area (Å²) in [4.78, 5) is 16.1. The average Bonchev–Trinajstić information content (AvgIpc) is 3.07. The van der Waals surface area contributed by atoms with Crippen molar-refractivity contribution in [3.8, 4) is 11.5 Å². The molecule has 2 N–H and O–H groups in total. The molecule has 3 aromatic rings. The van der Waals surface area contributed by atoms with E-state index in [4.69, 9.17) is 9.47 Å². The topological polar surface area (TPSA) is 63.3 Å². The molecule has 1 aliphatic rings. The van der Waals surface area contributed by atoms with Crippen LogP contribution in [0.4, 0.5) is 0 Å². The van der Waals surface area contributed by atoms with Gasteiger partial charge < -0.3 is 19.8 Å². The predicted molar refractivity (Wildman–Crippen MR) is 105 cm³/mol. The van der Waals surface area contributed by atoms with Gasteiger partial charge in [-0.1, -0.05) is 12.1 Å². The molecule has 5 nitrogen and oxygen atoms in total. The molecule has 4 rings (SSSR count). The lowest BCUT2D eigenvalue weighted by molar-refractivity contribution is -0.121. The second-order valence-electron chi connectivity index (χ2n) is 6.97. The van der Waals surface area contributed by atoms with Crippen LogP contribution in [-0.2, 0) is 17.6 Å². The smallest absolute Gasteiger partial charge is 0.224 e. The second-order valence-corrected chi connectivity index (χ2v) is 6.97. The Hall–Kier alpha value is -2.95. The van der Waals surface area contributed by atoms with Crippen LogP contribution in [0, 0.1) is 0 Å². The molecule has 1 unspecified atom stereocenters. The number of methoxy groups -OCH3 is 2. The van der Waals surface area contributed by atoms with Crippen molar-refractivity contribution in [1.29, 1.82) is 0 Å². The number of aryl methyl sites for hydroxylation is 1. The van der Waals surface area contributed by atoms with Gasteiger partial charge in [-0.3, -0.25) is 4.79 Å². The van der Waals surface area contributed by atoms with E-state index in [1.165, 1.54) is 10.9 Å². The standard InChI is InChI=1S/C22H24N2O3/c1-26-15-8-6-14(7-9-15)12-21(25)23-20-5-3-4-17-18-13-16(27-2)10-11-19(18)24-22(17)20/h6-11,13,20,24H,3-5,12H2,1-2H3,(H,23,25). The van der Waals surface area contributed by atoms with Gasteiger partial charge in [-0.15, -0.1) is 0 Å². The van der Waals surface area contributed by atoms with Gasteiger partial charge in [-0.25, -0.2) is 0 Å². The zero-order valence-corrected chi connectivity index (χ0v) is 15.7. The van der Waals surface area contributed by atoms with Crippen molar-refractivity contribution in [1.82, 2.24) is 10.3 Å². The number of ether oxygens (including phenoxy) is 2. The number of amides is 1. The molecule has 1 aromatic heterocycles. The largest absolute Gasteiger partial charge is 0.497 e. The van der Waals surface area contributed by atoms with Crippen LogP contribution >= 0.6 is 0 Å². The van der Waals surface area contributed by atoms with Gasteiger partial charge in [0.25, 0.3) is 0 Å².